The number of Topliss-reactive ketones (excluding diaryl/α,β-unsaturated/α-hetero) is 1. The number of likely N-dealkylation sites (tertiary alicyclic amines) is 1. The first kappa shape index (κ1) is 18.6. The van der Waals surface area contributed by atoms with Gasteiger partial charge in [-0.1, -0.05) is 17.7 Å². The lowest BCUT2D eigenvalue weighted by Gasteiger charge is -2.25. The zero-order chi connectivity index (χ0) is 18.8. The van der Waals surface area contributed by atoms with E-state index >= 15 is 0 Å². The Kier molecular flexibility index (Phi) is 5.46. The third-order valence-electron chi connectivity index (χ3n) is 4.26. The Morgan fingerprint density at radius 1 is 1.23 bits per heavy atom. The van der Waals surface area contributed by atoms with E-state index in [1.165, 1.54) is 16.2 Å². The van der Waals surface area contributed by atoms with E-state index in [1.807, 2.05) is 36.5 Å². The molecule has 0 bridgehead atoms. The number of aliphatic hydroxyl groups excluding tert-OH is 1. The fourth-order valence-corrected chi connectivity index (χ4v) is 3.90. The smallest absolute Gasteiger partial charge is 0.295 e. The lowest BCUT2D eigenvalue weighted by atomic mass is 10.00. The van der Waals surface area contributed by atoms with Crippen molar-refractivity contribution in [2.75, 3.05) is 27.2 Å². The summed E-state index contributed by atoms with van der Waals surface area (Å²) in [6.45, 7) is 1.02. The quantitative estimate of drug-likeness (QED) is 0.483. The number of hydrogen-bond acceptors (Lipinski definition) is 5. The fraction of sp³-hybridized carbons (Fsp3) is 0.263. The van der Waals surface area contributed by atoms with Crippen molar-refractivity contribution in [3.63, 3.8) is 0 Å². The molecule has 1 aliphatic rings. The number of carbonyl (C=O) groups is 2. The van der Waals surface area contributed by atoms with E-state index in [9.17, 15) is 14.7 Å². The molecule has 0 radical (unpaired) electrons. The summed E-state index contributed by atoms with van der Waals surface area (Å²) in [7, 11) is 3.81. The molecule has 1 fully saturated rings. The number of thiophene rings is 1. The molecule has 0 aliphatic carbocycles. The molecule has 1 atom stereocenters. The summed E-state index contributed by atoms with van der Waals surface area (Å²) in [5.74, 6) is -1.42. The van der Waals surface area contributed by atoms with Crippen LogP contribution in [0, 0.1) is 0 Å². The first-order valence-corrected chi connectivity index (χ1v) is 9.38. The Morgan fingerprint density at radius 3 is 2.50 bits per heavy atom. The molecule has 3 rings (SSSR count). The van der Waals surface area contributed by atoms with Gasteiger partial charge >= 0.3 is 0 Å². The fourth-order valence-electron chi connectivity index (χ4n) is 2.92. The van der Waals surface area contributed by atoms with Crippen molar-refractivity contribution >= 4 is 40.4 Å². The first-order valence-electron chi connectivity index (χ1n) is 8.12. The van der Waals surface area contributed by atoms with Gasteiger partial charge in [0.05, 0.1) is 11.6 Å². The molecule has 1 aromatic heterocycles. The van der Waals surface area contributed by atoms with Gasteiger partial charge in [0.2, 0.25) is 0 Å². The predicted octanol–water partition coefficient (Wildman–Crippen LogP) is 3.38. The molecule has 0 saturated carbocycles. The number of amides is 1. The van der Waals surface area contributed by atoms with Crippen LogP contribution in [-0.2, 0) is 9.59 Å². The maximum absolute atomic E-state index is 12.7. The van der Waals surface area contributed by atoms with Gasteiger partial charge in [-0.3, -0.25) is 9.59 Å². The normalized spacial score (nSPS) is 19.5. The Bertz CT molecular complexity index is 844. The van der Waals surface area contributed by atoms with Gasteiger partial charge in [-0.2, -0.15) is 0 Å². The molecule has 1 saturated heterocycles. The Balaban J connectivity index is 2.09. The van der Waals surface area contributed by atoms with Crippen LogP contribution in [0.2, 0.25) is 5.02 Å². The van der Waals surface area contributed by atoms with Gasteiger partial charge < -0.3 is 14.9 Å². The number of carbonyl (C=O) groups excluding carboxylic acids is 2. The van der Waals surface area contributed by atoms with Crippen LogP contribution < -0.4 is 0 Å². The third kappa shape index (κ3) is 3.53. The van der Waals surface area contributed by atoms with E-state index in [-0.39, 0.29) is 11.3 Å². The van der Waals surface area contributed by atoms with Crippen molar-refractivity contribution in [1.29, 1.82) is 0 Å². The van der Waals surface area contributed by atoms with Gasteiger partial charge in [0.1, 0.15) is 5.76 Å². The van der Waals surface area contributed by atoms with Crippen LogP contribution in [-0.4, -0.2) is 53.8 Å². The second kappa shape index (κ2) is 7.61. The maximum atomic E-state index is 12.7. The van der Waals surface area contributed by atoms with Crippen molar-refractivity contribution in [3.05, 3.63) is 62.8 Å². The minimum atomic E-state index is -0.658. The molecule has 0 spiro atoms. The average molecular weight is 391 g/mol. The summed E-state index contributed by atoms with van der Waals surface area (Å²) in [5, 5.41) is 13.2. The lowest BCUT2D eigenvalue weighted by molar-refractivity contribution is -0.140. The molecule has 7 heteroatoms. The van der Waals surface area contributed by atoms with Crippen LogP contribution in [0.5, 0.6) is 0 Å². The molecule has 0 unspecified atom stereocenters. The molecule has 2 aromatic rings. The summed E-state index contributed by atoms with van der Waals surface area (Å²) in [6.07, 6.45) is 0. The topological polar surface area (TPSA) is 60.9 Å². The predicted molar refractivity (Wildman–Crippen MR) is 103 cm³/mol. The molecule has 1 aliphatic heterocycles. The van der Waals surface area contributed by atoms with Crippen LogP contribution in [0.3, 0.4) is 0 Å². The van der Waals surface area contributed by atoms with Crippen LogP contribution in [0.4, 0.5) is 0 Å². The number of likely N-dealkylation sites (N-methyl/N-ethyl adjacent to an activating group) is 1. The van der Waals surface area contributed by atoms with Gasteiger partial charge in [0.25, 0.3) is 11.7 Å². The Hall–Kier alpha value is -2.15. The SMILES string of the molecule is CN(C)CCN1C(=O)C(=O)C(=C(O)c2ccc(Cl)cc2)[C@@H]1c1cccs1. The first-order chi connectivity index (χ1) is 12.4. The number of rotatable bonds is 5. The highest BCUT2D eigenvalue weighted by Gasteiger charge is 2.46. The van der Waals surface area contributed by atoms with Crippen molar-refractivity contribution in [2.24, 2.45) is 0 Å². The number of hydrogen-bond donors (Lipinski definition) is 1. The van der Waals surface area contributed by atoms with E-state index in [0.717, 1.165) is 4.88 Å². The summed E-state index contributed by atoms with van der Waals surface area (Å²) in [6, 6.07) is 9.71. The van der Waals surface area contributed by atoms with Crippen LogP contribution in [0.25, 0.3) is 5.76 Å². The van der Waals surface area contributed by atoms with Gasteiger partial charge in [0, 0.05) is 28.6 Å². The van der Waals surface area contributed by atoms with Gasteiger partial charge in [-0.15, -0.1) is 11.3 Å². The highest BCUT2D eigenvalue weighted by atomic mass is 35.5. The average Bonchev–Trinajstić information content (AvgIpc) is 3.21. The number of ketones is 1. The number of nitrogens with zero attached hydrogens (tertiary/aromatic N) is 2. The van der Waals surface area contributed by atoms with E-state index < -0.39 is 17.7 Å². The van der Waals surface area contributed by atoms with Gasteiger partial charge in [-0.25, -0.2) is 0 Å². The van der Waals surface area contributed by atoms with E-state index in [2.05, 4.69) is 0 Å². The van der Waals surface area contributed by atoms with Crippen LogP contribution in [0.15, 0.2) is 47.4 Å². The second-order valence-corrected chi connectivity index (χ2v) is 7.73. The largest absolute Gasteiger partial charge is 0.507 e. The summed E-state index contributed by atoms with van der Waals surface area (Å²) in [4.78, 5) is 29.7. The van der Waals surface area contributed by atoms with Crippen molar-refractivity contribution in [1.82, 2.24) is 9.80 Å². The van der Waals surface area contributed by atoms with E-state index in [0.29, 0.717) is 23.7 Å². The standard InChI is InChI=1S/C19H19ClN2O3S/c1-21(2)9-10-22-16(14-4-3-11-26-14)15(18(24)19(22)25)17(23)12-5-7-13(20)8-6-12/h3-8,11,16,23H,9-10H2,1-2H3/t16-/m0/s1. The van der Waals surface area contributed by atoms with Gasteiger partial charge in [-0.05, 0) is 49.8 Å². The van der Waals surface area contributed by atoms with Crippen molar-refractivity contribution in [2.45, 2.75) is 6.04 Å². The zero-order valence-electron chi connectivity index (χ0n) is 14.5. The molecule has 5 nitrogen and oxygen atoms in total. The molecule has 26 heavy (non-hydrogen) atoms. The van der Waals surface area contributed by atoms with Crippen molar-refractivity contribution < 1.29 is 14.7 Å². The molecular weight excluding hydrogens is 372 g/mol. The molecule has 136 valence electrons. The molecule has 1 N–H and O–H groups in total. The summed E-state index contributed by atoms with van der Waals surface area (Å²) >= 11 is 7.36. The summed E-state index contributed by atoms with van der Waals surface area (Å²) < 4.78 is 0. The molecule has 1 amide bonds. The molecule has 1 aromatic carbocycles. The summed E-state index contributed by atoms with van der Waals surface area (Å²) in [5.41, 5.74) is 0.583. The highest BCUT2D eigenvalue weighted by molar-refractivity contribution is 7.10. The highest BCUT2D eigenvalue weighted by Crippen LogP contribution is 2.40. The monoisotopic (exact) mass is 390 g/mol. The van der Waals surface area contributed by atoms with Crippen LogP contribution >= 0.6 is 22.9 Å². The van der Waals surface area contributed by atoms with E-state index in [1.54, 1.807) is 24.3 Å². The van der Waals surface area contributed by atoms with Gasteiger partial charge in [0.15, 0.2) is 0 Å². The number of benzene rings is 1. The second-order valence-electron chi connectivity index (χ2n) is 6.32. The minimum Gasteiger partial charge on any atom is -0.507 e. The Morgan fingerprint density at radius 2 is 1.92 bits per heavy atom. The lowest BCUT2D eigenvalue weighted by Crippen LogP contribution is -2.35. The third-order valence-corrected chi connectivity index (χ3v) is 5.44. The minimum absolute atomic E-state index is 0.124. The Labute approximate surface area is 161 Å². The van der Waals surface area contributed by atoms with E-state index in [4.69, 9.17) is 11.6 Å². The van der Waals surface area contributed by atoms with Crippen molar-refractivity contribution in [3.8, 4) is 0 Å². The number of halogens is 1. The number of aliphatic hydroxyl groups is 1. The molecular formula is C19H19ClN2O3S. The van der Waals surface area contributed by atoms with Crippen LogP contribution in [0.1, 0.15) is 16.5 Å². The zero-order valence-corrected chi connectivity index (χ0v) is 16.0. The molecule has 2 heterocycles. The maximum Gasteiger partial charge on any atom is 0.295 e.